The van der Waals surface area contributed by atoms with Crippen molar-refractivity contribution in [3.8, 4) is 0 Å². The Bertz CT molecular complexity index is 1220. The summed E-state index contributed by atoms with van der Waals surface area (Å²) in [6.45, 7) is 12.0. The number of rotatable bonds is 7. The van der Waals surface area contributed by atoms with Crippen LogP contribution in [0.15, 0.2) is 41.1 Å². The van der Waals surface area contributed by atoms with Crippen molar-refractivity contribution in [2.45, 2.75) is 54.4 Å². The van der Waals surface area contributed by atoms with E-state index < -0.39 is 7.40 Å². The van der Waals surface area contributed by atoms with Gasteiger partial charge < -0.3 is 9.88 Å². The largest absolute Gasteiger partial charge is 0.934 e. The second-order valence-corrected chi connectivity index (χ2v) is 9.18. The first-order valence-corrected chi connectivity index (χ1v) is 12.7. The molecule has 0 fully saturated rings. The predicted octanol–water partition coefficient (Wildman–Crippen LogP) is 6.43. The minimum absolute atomic E-state index is 0.149. The van der Waals surface area contributed by atoms with Gasteiger partial charge in [0.1, 0.15) is 0 Å². The second kappa shape index (κ2) is 10.4. The summed E-state index contributed by atoms with van der Waals surface area (Å²) in [6, 6.07) is 7.44. The van der Waals surface area contributed by atoms with E-state index in [1.165, 1.54) is 10.0 Å². The van der Waals surface area contributed by atoms with E-state index in [0.717, 1.165) is 45.7 Å². The summed E-state index contributed by atoms with van der Waals surface area (Å²) in [4.78, 5) is 11.8. The number of halogens is 3. The molecule has 3 rings (SSSR count). The highest BCUT2D eigenvalue weighted by molar-refractivity contribution is 9.09. The van der Waals surface area contributed by atoms with Crippen molar-refractivity contribution in [2.75, 3.05) is 10.6 Å². The molecule has 1 amide bonds. The zero-order chi connectivity index (χ0) is 25.3. The van der Waals surface area contributed by atoms with Gasteiger partial charge in [0.05, 0.1) is 16.6 Å². The third-order valence-corrected chi connectivity index (χ3v) is 7.39. The first-order valence-electron chi connectivity index (χ1n) is 11.6. The van der Waals surface area contributed by atoms with Crippen LogP contribution in [0.4, 0.5) is 14.3 Å². The Hall–Kier alpha value is -2.48. The second-order valence-electron chi connectivity index (χ2n) is 8.62. The fourth-order valence-corrected chi connectivity index (χ4v) is 5.33. The van der Waals surface area contributed by atoms with Gasteiger partial charge in [0.15, 0.2) is 11.4 Å². The molecule has 180 valence electrons. The topological polar surface area (TPSA) is 37.0 Å². The maximum atomic E-state index is 14.5. The number of carbonyl (C=O) groups is 1. The Morgan fingerprint density at radius 1 is 1.09 bits per heavy atom. The number of alkyl halides is 1. The van der Waals surface area contributed by atoms with E-state index >= 15 is 0 Å². The first kappa shape index (κ1) is 26.1. The molecule has 8 heteroatoms. The molecule has 0 atom stereocenters. The van der Waals surface area contributed by atoms with Crippen LogP contribution < -0.4 is 5.32 Å². The molecule has 1 aromatic heterocycles. The number of nitrogens with zero attached hydrogens (tertiary/aromatic N) is 2. The van der Waals surface area contributed by atoms with Gasteiger partial charge in [-0.05, 0) is 62.4 Å². The van der Waals surface area contributed by atoms with Crippen molar-refractivity contribution >= 4 is 46.2 Å². The molecule has 0 spiro atoms. The highest BCUT2D eigenvalue weighted by atomic mass is 79.9. The molecular formula is C26H32BBrF2N3O+. The van der Waals surface area contributed by atoms with Crippen LogP contribution in [0.2, 0.25) is 0 Å². The van der Waals surface area contributed by atoms with Crippen molar-refractivity contribution in [1.29, 1.82) is 0 Å². The highest BCUT2D eigenvalue weighted by Gasteiger charge is 2.47. The lowest BCUT2D eigenvalue weighted by atomic mass is 9.92. The highest BCUT2D eigenvalue weighted by Crippen LogP contribution is 2.40. The molecule has 0 radical (unpaired) electrons. The van der Waals surface area contributed by atoms with Gasteiger partial charge in [0.25, 0.3) is 0 Å². The molecule has 0 saturated heterocycles. The molecule has 1 aliphatic heterocycles. The van der Waals surface area contributed by atoms with Crippen LogP contribution >= 0.6 is 15.9 Å². The number of amides is 1. The van der Waals surface area contributed by atoms with E-state index in [9.17, 15) is 13.4 Å². The van der Waals surface area contributed by atoms with Crippen molar-refractivity contribution in [2.24, 2.45) is 7.05 Å². The van der Waals surface area contributed by atoms with Crippen LogP contribution in [0.5, 0.6) is 0 Å². The number of benzene rings is 1. The van der Waals surface area contributed by atoms with Gasteiger partial charge in [-0.3, -0.25) is 4.79 Å². The Labute approximate surface area is 209 Å². The van der Waals surface area contributed by atoms with Crippen molar-refractivity contribution in [1.82, 2.24) is 4.57 Å². The van der Waals surface area contributed by atoms with Gasteiger partial charge in [-0.25, -0.2) is 13.1 Å². The van der Waals surface area contributed by atoms with E-state index in [-0.39, 0.29) is 11.2 Å². The third-order valence-electron chi connectivity index (χ3n) is 6.88. The lowest BCUT2D eigenvalue weighted by Crippen LogP contribution is -2.26. The molecule has 0 aliphatic carbocycles. The molecule has 4 nitrogen and oxygen atoms in total. The molecule has 1 aromatic carbocycles. The molecule has 1 N–H and O–H groups in total. The molecule has 0 bridgehead atoms. The molecule has 2 aromatic rings. The zero-order valence-electron chi connectivity index (χ0n) is 20.9. The molecule has 1 aliphatic rings. The minimum atomic E-state index is -2.66. The zero-order valence-corrected chi connectivity index (χ0v) is 22.5. The fraction of sp³-hybridized carbons (Fsp3) is 0.385. The third kappa shape index (κ3) is 4.44. The van der Waals surface area contributed by atoms with Gasteiger partial charge >= 0.3 is 7.40 Å². The van der Waals surface area contributed by atoms with Gasteiger partial charge in [-0.2, -0.15) is 0 Å². The van der Waals surface area contributed by atoms with Crippen molar-refractivity contribution < 1.29 is 17.9 Å². The van der Waals surface area contributed by atoms with E-state index in [1.54, 1.807) is 6.92 Å². The molecular weight excluding hydrogens is 499 g/mol. The summed E-state index contributed by atoms with van der Waals surface area (Å²) >= 11 is 3.16. The predicted molar refractivity (Wildman–Crippen MR) is 141 cm³/mol. The maximum absolute atomic E-state index is 14.5. The standard InChI is InChI=1S/C26H31BBrF2N3O/c1-8-21-15(3)25(32(7)17(21)5)24(19-10-12-20(13-11-19)31-23(34)14-28)26-16(4)22(9-2)18(6)33(26)27(29)30/h10-13H,8-9,14H2,1-7H3/p+1. The fourth-order valence-electron chi connectivity index (χ4n) is 5.19. The Morgan fingerprint density at radius 3 is 2.18 bits per heavy atom. The van der Waals surface area contributed by atoms with Crippen LogP contribution in [0.25, 0.3) is 5.57 Å². The number of hydrogen-bond acceptors (Lipinski definition) is 1. The van der Waals surface area contributed by atoms with E-state index in [1.807, 2.05) is 45.2 Å². The average molecular weight is 531 g/mol. The van der Waals surface area contributed by atoms with Crippen LogP contribution in [0.3, 0.4) is 0 Å². The summed E-state index contributed by atoms with van der Waals surface area (Å²) in [7, 11) is -0.659. The summed E-state index contributed by atoms with van der Waals surface area (Å²) in [6.07, 6.45) is 1.55. The Balaban J connectivity index is 2.40. The minimum Gasteiger partial charge on any atom is -0.347 e. The first-order chi connectivity index (χ1) is 16.1. The maximum Gasteiger partial charge on any atom is 0.934 e. The smallest absolute Gasteiger partial charge is 0.347 e. The van der Waals surface area contributed by atoms with Gasteiger partial charge in [-0.1, -0.05) is 41.9 Å². The lowest BCUT2D eigenvalue weighted by Gasteiger charge is -2.16. The Morgan fingerprint density at radius 2 is 1.71 bits per heavy atom. The normalized spacial score (nSPS) is 15.4. The number of allylic oxidation sites excluding steroid dienone is 2. The van der Waals surface area contributed by atoms with Crippen LogP contribution in [-0.4, -0.2) is 33.4 Å². The molecule has 34 heavy (non-hydrogen) atoms. The van der Waals surface area contributed by atoms with E-state index in [2.05, 4.69) is 46.6 Å². The van der Waals surface area contributed by atoms with Crippen molar-refractivity contribution in [3.05, 3.63) is 69.2 Å². The van der Waals surface area contributed by atoms with Gasteiger partial charge in [-0.15, -0.1) is 0 Å². The number of anilines is 1. The molecule has 0 saturated carbocycles. The van der Waals surface area contributed by atoms with Crippen molar-refractivity contribution in [3.63, 3.8) is 0 Å². The van der Waals surface area contributed by atoms with Crippen LogP contribution in [-0.2, 0) is 18.3 Å². The monoisotopic (exact) mass is 530 g/mol. The van der Waals surface area contributed by atoms with E-state index in [4.69, 9.17) is 0 Å². The summed E-state index contributed by atoms with van der Waals surface area (Å²) in [5.41, 5.74) is 9.66. The van der Waals surface area contributed by atoms with Gasteiger partial charge in [0.2, 0.25) is 5.91 Å². The number of hydrogen-bond donors (Lipinski definition) is 1. The molecule has 0 unspecified atom stereocenters. The summed E-state index contributed by atoms with van der Waals surface area (Å²) < 4.78 is 32.3. The summed E-state index contributed by atoms with van der Waals surface area (Å²) in [5.74, 6) is -0.149. The molecule has 2 heterocycles. The Kier molecular flexibility index (Phi) is 8.01. The van der Waals surface area contributed by atoms with Crippen LogP contribution in [0, 0.1) is 13.8 Å². The number of nitrogens with one attached hydrogen (secondary N) is 1. The average Bonchev–Trinajstić information content (AvgIpc) is 3.18. The lowest BCUT2D eigenvalue weighted by molar-refractivity contribution is -0.343. The van der Waals surface area contributed by atoms with E-state index in [0.29, 0.717) is 23.5 Å². The van der Waals surface area contributed by atoms with Gasteiger partial charge in [0, 0.05) is 36.5 Å². The SMILES string of the molecule is CCC1=C(C)C(=C(c2ccc(NC(=O)CBr)cc2)c2c(C)c(CC)c(C)n2C)[N+](B(F)F)=C1C. The quantitative estimate of drug-likeness (QED) is 0.325. The number of carbonyl (C=O) groups excluding carboxylic acids is 1. The van der Waals surface area contributed by atoms with Crippen LogP contribution in [0.1, 0.15) is 62.2 Å². The number of aromatic nitrogens is 1. The summed E-state index contributed by atoms with van der Waals surface area (Å²) in [5, 5.41) is 3.02.